The predicted molar refractivity (Wildman–Crippen MR) is 89.5 cm³/mol. The minimum absolute atomic E-state index is 0.118. The van der Waals surface area contributed by atoms with Crippen LogP contribution in [0.25, 0.3) is 0 Å². The van der Waals surface area contributed by atoms with Crippen molar-refractivity contribution in [2.75, 3.05) is 6.61 Å². The van der Waals surface area contributed by atoms with E-state index in [1.165, 1.54) is 12.1 Å². The summed E-state index contributed by atoms with van der Waals surface area (Å²) in [4.78, 5) is 24.3. The van der Waals surface area contributed by atoms with Crippen molar-refractivity contribution in [2.24, 2.45) is 11.7 Å². The zero-order chi connectivity index (χ0) is 18.3. The van der Waals surface area contributed by atoms with Gasteiger partial charge in [0.15, 0.2) is 11.5 Å². The van der Waals surface area contributed by atoms with Crippen LogP contribution in [0.4, 0.5) is 0 Å². The van der Waals surface area contributed by atoms with Crippen LogP contribution in [-0.4, -0.2) is 40.8 Å². The third-order valence-electron chi connectivity index (χ3n) is 3.43. The van der Waals surface area contributed by atoms with Crippen LogP contribution < -0.4 is 11.1 Å². The van der Waals surface area contributed by atoms with Crippen molar-refractivity contribution >= 4 is 11.9 Å². The zero-order valence-corrected chi connectivity index (χ0v) is 14.3. The average molecular weight is 338 g/mol. The molecule has 24 heavy (non-hydrogen) atoms. The highest BCUT2D eigenvalue weighted by molar-refractivity contribution is 5.87. The maximum absolute atomic E-state index is 12.2. The Balaban J connectivity index is 2.85. The lowest BCUT2D eigenvalue weighted by Gasteiger charge is -2.20. The molecule has 0 radical (unpaired) electrons. The summed E-state index contributed by atoms with van der Waals surface area (Å²) in [5.74, 6) is -1.30. The fourth-order valence-corrected chi connectivity index (χ4v) is 2.26. The second-order valence-corrected chi connectivity index (χ2v) is 6.08. The molecular weight excluding hydrogens is 312 g/mol. The Labute approximate surface area is 141 Å². The molecule has 0 unspecified atom stereocenters. The van der Waals surface area contributed by atoms with Gasteiger partial charge in [0.2, 0.25) is 5.91 Å². The van der Waals surface area contributed by atoms with Crippen LogP contribution in [-0.2, 0) is 20.7 Å². The van der Waals surface area contributed by atoms with E-state index in [9.17, 15) is 19.8 Å². The van der Waals surface area contributed by atoms with Gasteiger partial charge in [-0.2, -0.15) is 0 Å². The maximum Gasteiger partial charge on any atom is 0.328 e. The summed E-state index contributed by atoms with van der Waals surface area (Å²) in [6.07, 6.45) is 0.619. The fourth-order valence-electron chi connectivity index (χ4n) is 2.26. The third kappa shape index (κ3) is 6.08. The van der Waals surface area contributed by atoms with Gasteiger partial charge >= 0.3 is 5.97 Å². The Morgan fingerprint density at radius 3 is 2.46 bits per heavy atom. The van der Waals surface area contributed by atoms with E-state index in [1.54, 1.807) is 13.0 Å². The van der Waals surface area contributed by atoms with Gasteiger partial charge in [0.25, 0.3) is 0 Å². The van der Waals surface area contributed by atoms with Crippen LogP contribution in [0, 0.1) is 5.92 Å². The second kappa shape index (κ2) is 9.12. The second-order valence-electron chi connectivity index (χ2n) is 6.08. The van der Waals surface area contributed by atoms with Gasteiger partial charge in [-0.05, 0) is 37.0 Å². The SMILES string of the molecule is CCOC(=O)[C@H](Cc1ccc(O)c(O)c1)NC(=O)[C@@H](N)CC(C)C. The number of phenolic OH excluding ortho intramolecular Hbond substituents is 2. The molecule has 134 valence electrons. The lowest BCUT2D eigenvalue weighted by Crippen LogP contribution is -2.50. The van der Waals surface area contributed by atoms with Crippen molar-refractivity contribution in [2.45, 2.75) is 45.7 Å². The number of benzene rings is 1. The number of carbonyl (C=O) groups is 2. The minimum Gasteiger partial charge on any atom is -0.504 e. The fraction of sp³-hybridized carbons (Fsp3) is 0.529. The first-order valence-electron chi connectivity index (χ1n) is 7.98. The quantitative estimate of drug-likeness (QED) is 0.415. The molecule has 1 amide bonds. The number of carbonyl (C=O) groups excluding carboxylic acids is 2. The summed E-state index contributed by atoms with van der Waals surface area (Å²) < 4.78 is 4.99. The van der Waals surface area contributed by atoms with Crippen molar-refractivity contribution < 1.29 is 24.5 Å². The number of rotatable bonds is 8. The highest BCUT2D eigenvalue weighted by Crippen LogP contribution is 2.25. The molecule has 0 aliphatic carbocycles. The molecule has 0 aliphatic heterocycles. The van der Waals surface area contributed by atoms with E-state index in [0.29, 0.717) is 12.0 Å². The first kappa shape index (κ1) is 19.8. The Bertz CT molecular complexity index is 574. The maximum atomic E-state index is 12.2. The molecular formula is C17H26N2O5. The highest BCUT2D eigenvalue weighted by Gasteiger charge is 2.25. The van der Waals surface area contributed by atoms with Crippen molar-refractivity contribution in [3.63, 3.8) is 0 Å². The molecule has 7 nitrogen and oxygen atoms in total. The first-order chi connectivity index (χ1) is 11.2. The van der Waals surface area contributed by atoms with Gasteiger partial charge in [-0.25, -0.2) is 4.79 Å². The molecule has 0 aliphatic rings. The summed E-state index contributed by atoms with van der Waals surface area (Å²) >= 11 is 0. The normalized spacial score (nSPS) is 13.4. The largest absolute Gasteiger partial charge is 0.504 e. The molecule has 7 heteroatoms. The lowest BCUT2D eigenvalue weighted by atomic mass is 10.0. The van der Waals surface area contributed by atoms with E-state index >= 15 is 0 Å². The lowest BCUT2D eigenvalue weighted by molar-refractivity contribution is -0.147. The van der Waals surface area contributed by atoms with E-state index in [2.05, 4.69) is 5.32 Å². The van der Waals surface area contributed by atoms with Gasteiger partial charge < -0.3 is 26.0 Å². The molecule has 0 saturated carbocycles. The molecule has 1 aromatic carbocycles. The van der Waals surface area contributed by atoms with E-state index < -0.39 is 24.0 Å². The third-order valence-corrected chi connectivity index (χ3v) is 3.43. The standard InChI is InChI=1S/C17H26N2O5/c1-4-24-17(23)13(19-16(22)12(18)7-10(2)3)8-11-5-6-14(20)15(21)9-11/h5-6,9-10,12-13,20-21H,4,7-8,18H2,1-3H3,(H,19,22)/t12-,13-/m0/s1. The summed E-state index contributed by atoms with van der Waals surface area (Å²) in [6, 6.07) is 2.58. The van der Waals surface area contributed by atoms with Gasteiger partial charge in [-0.1, -0.05) is 19.9 Å². The molecule has 0 fully saturated rings. The van der Waals surface area contributed by atoms with Gasteiger partial charge in [0, 0.05) is 6.42 Å². The average Bonchev–Trinajstić information content (AvgIpc) is 2.49. The number of phenols is 2. The smallest absolute Gasteiger partial charge is 0.328 e. The number of nitrogens with two attached hydrogens (primary N) is 1. The molecule has 0 bridgehead atoms. The summed E-state index contributed by atoms with van der Waals surface area (Å²) in [5, 5.41) is 21.5. The topological polar surface area (TPSA) is 122 Å². The Hall–Kier alpha value is -2.28. The summed E-state index contributed by atoms with van der Waals surface area (Å²) in [5.41, 5.74) is 6.41. The summed E-state index contributed by atoms with van der Waals surface area (Å²) in [7, 11) is 0. The number of hydrogen-bond acceptors (Lipinski definition) is 6. The van der Waals surface area contributed by atoms with Crippen LogP contribution in [0.1, 0.15) is 32.8 Å². The number of ether oxygens (including phenoxy) is 1. The molecule has 0 saturated heterocycles. The van der Waals surface area contributed by atoms with Crippen molar-refractivity contribution in [3.8, 4) is 11.5 Å². The number of hydrogen-bond donors (Lipinski definition) is 4. The number of nitrogens with one attached hydrogen (secondary N) is 1. The Morgan fingerprint density at radius 2 is 1.92 bits per heavy atom. The zero-order valence-electron chi connectivity index (χ0n) is 14.3. The molecule has 2 atom stereocenters. The van der Waals surface area contributed by atoms with E-state index in [4.69, 9.17) is 10.5 Å². The number of aromatic hydroxyl groups is 2. The molecule has 5 N–H and O–H groups in total. The number of amides is 1. The molecule has 0 aromatic heterocycles. The van der Waals surface area contributed by atoms with Gasteiger partial charge in [-0.3, -0.25) is 4.79 Å². The summed E-state index contributed by atoms with van der Waals surface area (Å²) in [6.45, 7) is 5.77. The minimum atomic E-state index is -0.917. The first-order valence-corrected chi connectivity index (χ1v) is 7.98. The predicted octanol–water partition coefficient (Wildman–Crippen LogP) is 1.06. The van der Waals surface area contributed by atoms with Crippen molar-refractivity contribution in [3.05, 3.63) is 23.8 Å². The molecule has 1 rings (SSSR count). The van der Waals surface area contributed by atoms with Crippen LogP contribution in [0.2, 0.25) is 0 Å². The number of esters is 1. The van der Waals surface area contributed by atoms with Gasteiger partial charge in [-0.15, -0.1) is 0 Å². The molecule has 0 heterocycles. The molecule has 1 aromatic rings. The van der Waals surface area contributed by atoms with Crippen LogP contribution in [0.15, 0.2) is 18.2 Å². The van der Waals surface area contributed by atoms with Gasteiger partial charge in [0.1, 0.15) is 6.04 Å². The molecule has 0 spiro atoms. The van der Waals surface area contributed by atoms with Crippen LogP contribution in [0.5, 0.6) is 11.5 Å². The van der Waals surface area contributed by atoms with Crippen molar-refractivity contribution in [1.82, 2.24) is 5.32 Å². The Morgan fingerprint density at radius 1 is 1.25 bits per heavy atom. The van der Waals surface area contributed by atoms with Crippen molar-refractivity contribution in [1.29, 1.82) is 0 Å². The van der Waals surface area contributed by atoms with Crippen LogP contribution >= 0.6 is 0 Å². The highest BCUT2D eigenvalue weighted by atomic mass is 16.5. The van der Waals surface area contributed by atoms with Crippen LogP contribution in [0.3, 0.4) is 0 Å². The van der Waals surface area contributed by atoms with E-state index in [0.717, 1.165) is 0 Å². The van der Waals surface area contributed by atoms with Gasteiger partial charge in [0.05, 0.1) is 12.6 Å². The monoisotopic (exact) mass is 338 g/mol. The Kier molecular flexibility index (Phi) is 7.51. The van der Waals surface area contributed by atoms with E-state index in [1.807, 2.05) is 13.8 Å². The van der Waals surface area contributed by atoms with E-state index in [-0.39, 0.29) is 30.4 Å².